The van der Waals surface area contributed by atoms with Crippen molar-refractivity contribution in [1.82, 2.24) is 14.8 Å². The van der Waals surface area contributed by atoms with Crippen molar-refractivity contribution in [2.75, 3.05) is 24.1 Å². The van der Waals surface area contributed by atoms with Crippen molar-refractivity contribution in [3.8, 4) is 0 Å². The molecule has 3 aromatic rings. The molecule has 0 saturated carbocycles. The number of nitrogens with one attached hydrogen (secondary N) is 2. The topological polar surface area (TPSA) is 83.4 Å². The molecule has 2 heterocycles. The Labute approximate surface area is 183 Å². The van der Waals surface area contributed by atoms with Crippen molar-refractivity contribution in [2.24, 2.45) is 0 Å². The molecule has 1 aromatic heterocycles. The molecule has 2 N–H and O–H groups in total. The van der Waals surface area contributed by atoms with E-state index in [-0.39, 0.29) is 18.5 Å². The molecular formula is C23H28N4O3S. The Morgan fingerprint density at radius 1 is 1.03 bits per heavy atom. The normalized spacial score (nSPS) is 15.8. The van der Waals surface area contributed by atoms with Crippen LogP contribution in [0, 0.1) is 0 Å². The van der Waals surface area contributed by atoms with Crippen LogP contribution in [-0.2, 0) is 27.9 Å². The van der Waals surface area contributed by atoms with Gasteiger partial charge in [-0.3, -0.25) is 14.4 Å². The molecule has 0 unspecified atom stereocenters. The molecule has 0 aliphatic carbocycles. The number of hydrogen-bond acceptors (Lipinski definition) is 4. The van der Waals surface area contributed by atoms with Gasteiger partial charge in [-0.25, -0.2) is 8.42 Å². The molecular weight excluding hydrogens is 412 g/mol. The molecule has 1 amide bonds. The van der Waals surface area contributed by atoms with Gasteiger partial charge in [0.15, 0.2) is 0 Å². The van der Waals surface area contributed by atoms with Gasteiger partial charge in [0.25, 0.3) is 0 Å². The van der Waals surface area contributed by atoms with Gasteiger partial charge in [-0.15, -0.1) is 0 Å². The number of piperidine rings is 1. The summed E-state index contributed by atoms with van der Waals surface area (Å²) in [5.41, 5.74) is 2.65. The monoisotopic (exact) mass is 440 g/mol. The lowest BCUT2D eigenvalue weighted by molar-refractivity contribution is -0.122. The van der Waals surface area contributed by atoms with Crippen LogP contribution in [-0.4, -0.2) is 49.2 Å². The van der Waals surface area contributed by atoms with Crippen molar-refractivity contribution in [1.29, 1.82) is 0 Å². The largest absolute Gasteiger partial charge is 0.352 e. The van der Waals surface area contributed by atoms with Crippen LogP contribution in [0.5, 0.6) is 0 Å². The zero-order valence-electron chi connectivity index (χ0n) is 17.6. The number of fused-ring (bicyclic) bond motifs is 1. The fourth-order valence-corrected chi connectivity index (χ4v) is 4.73. The number of likely N-dealkylation sites (tertiary alicyclic amines) is 1. The summed E-state index contributed by atoms with van der Waals surface area (Å²) in [6.07, 6.45) is 4.82. The SMILES string of the molecule is CS(=O)(=O)Nc1cccc2c1ccn2CC(=O)NC1CCN(Cc2ccccc2)CC1. The standard InChI is InChI=1S/C23H28N4O3S/c1-31(29,30)25-21-8-5-9-22-20(21)12-15-27(22)17-23(28)24-19-10-13-26(14-11-19)16-18-6-3-2-4-7-18/h2-9,12,15,19,25H,10-11,13-14,16-17H2,1H3,(H,24,28). The molecule has 0 radical (unpaired) electrons. The number of sulfonamides is 1. The summed E-state index contributed by atoms with van der Waals surface area (Å²) >= 11 is 0. The Morgan fingerprint density at radius 3 is 2.48 bits per heavy atom. The van der Waals surface area contributed by atoms with Crippen LogP contribution in [0.25, 0.3) is 10.9 Å². The summed E-state index contributed by atoms with van der Waals surface area (Å²) in [5.74, 6) is -0.0273. The highest BCUT2D eigenvalue weighted by Crippen LogP contribution is 2.25. The van der Waals surface area contributed by atoms with Gasteiger partial charge in [-0.2, -0.15) is 0 Å². The van der Waals surface area contributed by atoms with E-state index >= 15 is 0 Å². The van der Waals surface area contributed by atoms with Crippen LogP contribution in [0.15, 0.2) is 60.8 Å². The van der Waals surface area contributed by atoms with Gasteiger partial charge in [0.05, 0.1) is 17.5 Å². The predicted molar refractivity (Wildman–Crippen MR) is 123 cm³/mol. The first-order valence-corrected chi connectivity index (χ1v) is 12.4. The lowest BCUT2D eigenvalue weighted by Gasteiger charge is -2.32. The summed E-state index contributed by atoms with van der Waals surface area (Å²) in [4.78, 5) is 15.1. The molecule has 4 rings (SSSR count). The quantitative estimate of drug-likeness (QED) is 0.592. The first-order chi connectivity index (χ1) is 14.9. The van der Waals surface area contributed by atoms with Crippen molar-refractivity contribution in [2.45, 2.75) is 32.0 Å². The Morgan fingerprint density at radius 2 is 1.77 bits per heavy atom. The first-order valence-electron chi connectivity index (χ1n) is 10.5. The molecule has 1 saturated heterocycles. The fraction of sp³-hybridized carbons (Fsp3) is 0.348. The first kappa shape index (κ1) is 21.4. The van der Waals surface area contributed by atoms with Gasteiger partial charge >= 0.3 is 0 Å². The Balaban J connectivity index is 1.32. The lowest BCUT2D eigenvalue weighted by Crippen LogP contribution is -2.45. The average Bonchev–Trinajstić information content (AvgIpc) is 3.13. The van der Waals surface area contributed by atoms with Crippen LogP contribution in [0.4, 0.5) is 5.69 Å². The summed E-state index contributed by atoms with van der Waals surface area (Å²) in [6.45, 7) is 3.08. The molecule has 8 heteroatoms. The van der Waals surface area contributed by atoms with Crippen molar-refractivity contribution < 1.29 is 13.2 Å². The van der Waals surface area contributed by atoms with E-state index in [4.69, 9.17) is 0 Å². The van der Waals surface area contributed by atoms with Crippen molar-refractivity contribution in [3.63, 3.8) is 0 Å². The van der Waals surface area contributed by atoms with Gasteiger partial charge < -0.3 is 9.88 Å². The number of carbonyl (C=O) groups is 1. The number of amides is 1. The van der Waals surface area contributed by atoms with Gasteiger partial charge in [-0.05, 0) is 36.6 Å². The Hall–Kier alpha value is -2.84. The van der Waals surface area contributed by atoms with E-state index in [0.29, 0.717) is 5.69 Å². The van der Waals surface area contributed by atoms with Gasteiger partial charge in [0.1, 0.15) is 6.54 Å². The van der Waals surface area contributed by atoms with Gasteiger partial charge in [0, 0.05) is 37.3 Å². The van der Waals surface area contributed by atoms with Crippen LogP contribution >= 0.6 is 0 Å². The molecule has 0 atom stereocenters. The number of anilines is 1. The number of rotatable bonds is 7. The molecule has 0 bridgehead atoms. The zero-order valence-corrected chi connectivity index (χ0v) is 18.4. The molecule has 1 fully saturated rings. The minimum Gasteiger partial charge on any atom is -0.352 e. The third-order valence-corrected chi connectivity index (χ3v) is 6.22. The smallest absolute Gasteiger partial charge is 0.240 e. The van der Waals surface area contributed by atoms with Crippen LogP contribution < -0.4 is 10.0 Å². The lowest BCUT2D eigenvalue weighted by atomic mass is 10.0. The van der Waals surface area contributed by atoms with E-state index < -0.39 is 10.0 Å². The molecule has 1 aliphatic heterocycles. The number of aromatic nitrogens is 1. The van der Waals surface area contributed by atoms with E-state index in [1.807, 2.05) is 29.0 Å². The summed E-state index contributed by atoms with van der Waals surface area (Å²) in [5, 5.41) is 3.93. The number of hydrogen-bond donors (Lipinski definition) is 2. The van der Waals surface area contributed by atoms with E-state index in [2.05, 4.69) is 39.2 Å². The molecule has 31 heavy (non-hydrogen) atoms. The van der Waals surface area contributed by atoms with E-state index in [1.165, 1.54) is 5.56 Å². The van der Waals surface area contributed by atoms with Crippen LogP contribution in [0.1, 0.15) is 18.4 Å². The van der Waals surface area contributed by atoms with E-state index in [0.717, 1.165) is 49.6 Å². The molecule has 7 nitrogen and oxygen atoms in total. The van der Waals surface area contributed by atoms with Gasteiger partial charge in [0.2, 0.25) is 15.9 Å². The fourth-order valence-electron chi connectivity index (χ4n) is 4.16. The highest BCUT2D eigenvalue weighted by Gasteiger charge is 2.21. The number of nitrogens with zero attached hydrogens (tertiary/aromatic N) is 2. The maximum atomic E-state index is 12.7. The summed E-state index contributed by atoms with van der Waals surface area (Å²) in [7, 11) is -3.37. The molecule has 164 valence electrons. The molecule has 2 aromatic carbocycles. The second kappa shape index (κ2) is 9.11. The molecule has 0 spiro atoms. The maximum absolute atomic E-state index is 12.7. The van der Waals surface area contributed by atoms with Crippen LogP contribution in [0.3, 0.4) is 0 Å². The zero-order chi connectivity index (χ0) is 21.8. The number of benzene rings is 2. The van der Waals surface area contributed by atoms with E-state index in [1.54, 1.807) is 12.1 Å². The third kappa shape index (κ3) is 5.65. The highest BCUT2D eigenvalue weighted by molar-refractivity contribution is 7.92. The highest BCUT2D eigenvalue weighted by atomic mass is 32.2. The van der Waals surface area contributed by atoms with Crippen LogP contribution in [0.2, 0.25) is 0 Å². The Bertz CT molecular complexity index is 1150. The number of carbonyl (C=O) groups excluding carboxylic acids is 1. The van der Waals surface area contributed by atoms with Crippen molar-refractivity contribution in [3.05, 3.63) is 66.4 Å². The third-order valence-electron chi connectivity index (χ3n) is 5.62. The van der Waals surface area contributed by atoms with Crippen molar-refractivity contribution >= 4 is 32.5 Å². The maximum Gasteiger partial charge on any atom is 0.240 e. The molecule has 1 aliphatic rings. The average molecular weight is 441 g/mol. The van der Waals surface area contributed by atoms with E-state index in [9.17, 15) is 13.2 Å². The van der Waals surface area contributed by atoms with Gasteiger partial charge in [-0.1, -0.05) is 36.4 Å². The Kier molecular flexibility index (Phi) is 6.29. The minimum atomic E-state index is -3.37. The second-order valence-electron chi connectivity index (χ2n) is 8.16. The minimum absolute atomic E-state index is 0.0273. The predicted octanol–water partition coefficient (Wildman–Crippen LogP) is 2.79. The summed E-state index contributed by atoms with van der Waals surface area (Å²) in [6, 6.07) is 17.9. The second-order valence-corrected chi connectivity index (χ2v) is 9.91. The summed E-state index contributed by atoms with van der Waals surface area (Å²) < 4.78 is 27.6.